The summed E-state index contributed by atoms with van der Waals surface area (Å²) in [5.41, 5.74) is 6.27. The van der Waals surface area contributed by atoms with E-state index in [0.717, 1.165) is 0 Å². The molecule has 2 aromatic rings. The van der Waals surface area contributed by atoms with Crippen LogP contribution in [0, 0.1) is 11.2 Å². The third-order valence-corrected chi connectivity index (χ3v) is 3.42. The molecule has 0 heterocycles. The highest BCUT2D eigenvalue weighted by Crippen LogP contribution is 2.31. The summed E-state index contributed by atoms with van der Waals surface area (Å²) in [5.74, 6) is -0.438. The van der Waals surface area contributed by atoms with E-state index in [1.807, 2.05) is 0 Å². The van der Waals surface area contributed by atoms with E-state index in [-0.39, 0.29) is 28.2 Å². The Morgan fingerprint density at radius 1 is 1.35 bits per heavy atom. The smallest absolute Gasteiger partial charge is 0.180 e. The van der Waals surface area contributed by atoms with Crippen molar-refractivity contribution in [2.24, 2.45) is 5.73 Å². The molecule has 6 heteroatoms. The molecular formula is C14H12BrFN2O2. The number of nitrogens with two attached hydrogens (primary N) is 1. The van der Waals surface area contributed by atoms with E-state index in [1.165, 1.54) is 12.1 Å². The van der Waals surface area contributed by atoms with E-state index < -0.39 is 5.82 Å². The van der Waals surface area contributed by atoms with Crippen molar-refractivity contribution in [2.45, 2.75) is 6.61 Å². The summed E-state index contributed by atoms with van der Waals surface area (Å²) < 4.78 is 19.6. The van der Waals surface area contributed by atoms with Gasteiger partial charge in [0.05, 0.1) is 11.1 Å². The second kappa shape index (κ2) is 6.02. The summed E-state index contributed by atoms with van der Waals surface area (Å²) in [6.07, 6.45) is 0. The van der Waals surface area contributed by atoms with Crippen LogP contribution in [0.15, 0.2) is 40.9 Å². The predicted molar refractivity (Wildman–Crippen MR) is 77.6 cm³/mol. The van der Waals surface area contributed by atoms with Gasteiger partial charge in [-0.15, -0.1) is 0 Å². The molecule has 4 nitrogen and oxygen atoms in total. The van der Waals surface area contributed by atoms with E-state index in [1.54, 1.807) is 24.3 Å². The van der Waals surface area contributed by atoms with Crippen molar-refractivity contribution in [1.82, 2.24) is 0 Å². The van der Waals surface area contributed by atoms with Crippen LogP contribution in [0.25, 0.3) is 0 Å². The van der Waals surface area contributed by atoms with E-state index in [2.05, 4.69) is 15.9 Å². The first-order valence-corrected chi connectivity index (χ1v) is 6.52. The number of ether oxygens (including phenoxy) is 1. The Balaban J connectivity index is 2.34. The molecule has 0 saturated carbocycles. The number of halogens is 2. The van der Waals surface area contributed by atoms with Gasteiger partial charge in [0, 0.05) is 5.56 Å². The largest absolute Gasteiger partial charge is 0.454 e. The quantitative estimate of drug-likeness (QED) is 0.591. The highest BCUT2D eigenvalue weighted by atomic mass is 79.9. The second-order valence-corrected chi connectivity index (χ2v) is 4.85. The summed E-state index contributed by atoms with van der Waals surface area (Å²) in [6.45, 7) is -0.118. The van der Waals surface area contributed by atoms with E-state index in [4.69, 9.17) is 21.0 Å². The summed E-state index contributed by atoms with van der Waals surface area (Å²) in [6, 6.07) is 9.62. The maximum atomic E-state index is 14.1. The zero-order chi connectivity index (χ0) is 14.7. The molecule has 0 unspecified atom stereocenters. The molecule has 0 fully saturated rings. The van der Waals surface area contributed by atoms with Crippen molar-refractivity contribution >= 4 is 21.8 Å². The van der Waals surface area contributed by atoms with E-state index >= 15 is 0 Å². The summed E-state index contributed by atoms with van der Waals surface area (Å²) in [7, 11) is 0. The summed E-state index contributed by atoms with van der Waals surface area (Å²) in [4.78, 5) is 0. The fourth-order valence-corrected chi connectivity index (χ4v) is 2.19. The van der Waals surface area contributed by atoms with Gasteiger partial charge in [-0.25, -0.2) is 4.39 Å². The molecule has 0 amide bonds. The van der Waals surface area contributed by atoms with E-state index in [9.17, 15) is 4.39 Å². The van der Waals surface area contributed by atoms with Crippen LogP contribution in [0.2, 0.25) is 0 Å². The van der Waals surface area contributed by atoms with Crippen LogP contribution in [0.4, 0.5) is 4.39 Å². The third kappa shape index (κ3) is 2.97. The number of nitrogens with one attached hydrogen (secondary N) is 1. The molecule has 0 aliphatic carbocycles. The number of hydrogen-bond donors (Lipinski definition) is 3. The molecule has 2 aromatic carbocycles. The number of aliphatic hydroxyl groups excluding tert-OH is 1. The Bertz CT molecular complexity index is 662. The maximum Gasteiger partial charge on any atom is 0.180 e. The maximum absolute atomic E-state index is 14.1. The highest BCUT2D eigenvalue weighted by molar-refractivity contribution is 9.10. The van der Waals surface area contributed by atoms with Gasteiger partial charge in [0.2, 0.25) is 0 Å². The molecular weight excluding hydrogens is 327 g/mol. The van der Waals surface area contributed by atoms with Crippen molar-refractivity contribution in [2.75, 3.05) is 0 Å². The number of aliphatic hydroxyl groups is 1. The first-order chi connectivity index (χ1) is 9.52. The molecule has 0 aromatic heterocycles. The van der Waals surface area contributed by atoms with Crippen LogP contribution in [-0.2, 0) is 6.61 Å². The topological polar surface area (TPSA) is 79.3 Å². The molecule has 20 heavy (non-hydrogen) atoms. The minimum atomic E-state index is -0.632. The van der Waals surface area contributed by atoms with Gasteiger partial charge in [0.25, 0.3) is 0 Å². The second-order valence-electron chi connectivity index (χ2n) is 4.06. The average molecular weight is 339 g/mol. The van der Waals surface area contributed by atoms with Crippen LogP contribution >= 0.6 is 15.9 Å². The van der Waals surface area contributed by atoms with Crippen LogP contribution in [0.5, 0.6) is 11.5 Å². The van der Waals surface area contributed by atoms with Crippen LogP contribution < -0.4 is 10.5 Å². The van der Waals surface area contributed by atoms with E-state index in [0.29, 0.717) is 11.3 Å². The first-order valence-electron chi connectivity index (χ1n) is 5.73. The summed E-state index contributed by atoms with van der Waals surface area (Å²) >= 11 is 3.06. The van der Waals surface area contributed by atoms with Gasteiger partial charge in [0.1, 0.15) is 11.6 Å². The monoisotopic (exact) mass is 338 g/mol. The number of benzene rings is 2. The minimum absolute atomic E-state index is 0.0111. The lowest BCUT2D eigenvalue weighted by molar-refractivity contribution is 0.281. The molecule has 0 atom stereocenters. The van der Waals surface area contributed by atoms with Gasteiger partial charge in [-0.05, 0) is 45.8 Å². The minimum Gasteiger partial charge on any atom is -0.454 e. The fourth-order valence-electron chi connectivity index (χ4n) is 1.65. The van der Waals surface area contributed by atoms with Crippen molar-refractivity contribution < 1.29 is 14.2 Å². The molecule has 104 valence electrons. The zero-order valence-electron chi connectivity index (χ0n) is 10.4. The standard InChI is InChI=1S/C14H12BrFN2O2/c15-12-10(14(17)18)4-5-11(13(12)16)20-9-3-1-2-8(6-9)7-19/h1-6,19H,7H2,(H3,17,18). The van der Waals surface area contributed by atoms with Gasteiger partial charge >= 0.3 is 0 Å². The molecule has 0 radical (unpaired) electrons. The molecule has 0 saturated heterocycles. The van der Waals surface area contributed by atoms with Gasteiger partial charge in [-0.2, -0.15) is 0 Å². The molecule has 0 spiro atoms. The highest BCUT2D eigenvalue weighted by Gasteiger charge is 2.14. The van der Waals surface area contributed by atoms with Crippen LogP contribution in [0.1, 0.15) is 11.1 Å². The van der Waals surface area contributed by atoms with Crippen molar-refractivity contribution in [3.05, 3.63) is 57.8 Å². The first kappa shape index (κ1) is 14.5. The summed E-state index contributed by atoms with van der Waals surface area (Å²) in [5, 5.41) is 16.4. The normalized spacial score (nSPS) is 10.3. The lowest BCUT2D eigenvalue weighted by Gasteiger charge is -2.11. The lowest BCUT2D eigenvalue weighted by atomic mass is 10.2. The zero-order valence-corrected chi connectivity index (χ0v) is 11.9. The molecule has 0 aliphatic rings. The Kier molecular flexibility index (Phi) is 4.36. The molecule has 2 rings (SSSR count). The van der Waals surface area contributed by atoms with Gasteiger partial charge in [-0.1, -0.05) is 12.1 Å². The Labute approximate surface area is 123 Å². The predicted octanol–water partition coefficient (Wildman–Crippen LogP) is 3.16. The SMILES string of the molecule is N=C(N)c1ccc(Oc2cccc(CO)c2)c(F)c1Br. The molecule has 4 N–H and O–H groups in total. The molecule has 0 bridgehead atoms. The number of amidine groups is 1. The Morgan fingerprint density at radius 3 is 2.75 bits per heavy atom. The van der Waals surface area contributed by atoms with Gasteiger partial charge in [-0.3, -0.25) is 5.41 Å². The Hall–Kier alpha value is -1.92. The van der Waals surface area contributed by atoms with Crippen LogP contribution in [-0.4, -0.2) is 10.9 Å². The van der Waals surface area contributed by atoms with Crippen molar-refractivity contribution in [1.29, 1.82) is 5.41 Å². The van der Waals surface area contributed by atoms with Crippen LogP contribution in [0.3, 0.4) is 0 Å². The third-order valence-electron chi connectivity index (χ3n) is 2.65. The van der Waals surface area contributed by atoms with Crippen molar-refractivity contribution in [3.63, 3.8) is 0 Å². The Morgan fingerprint density at radius 2 is 2.10 bits per heavy atom. The lowest BCUT2D eigenvalue weighted by Crippen LogP contribution is -2.12. The molecule has 0 aliphatic heterocycles. The fraction of sp³-hybridized carbons (Fsp3) is 0.0714. The van der Waals surface area contributed by atoms with Gasteiger partial charge in [0.15, 0.2) is 11.6 Å². The average Bonchev–Trinajstić information content (AvgIpc) is 2.44. The van der Waals surface area contributed by atoms with Gasteiger partial charge < -0.3 is 15.6 Å². The number of rotatable bonds is 4. The number of hydrogen-bond acceptors (Lipinski definition) is 3. The number of nitrogen functional groups attached to an aromatic ring is 1. The van der Waals surface area contributed by atoms with Crippen molar-refractivity contribution in [3.8, 4) is 11.5 Å².